The third-order valence-corrected chi connectivity index (χ3v) is 9.50. The molecule has 1 spiro atoms. The highest BCUT2D eigenvalue weighted by atomic mass is 16.7. The molecule has 34 heavy (non-hydrogen) atoms. The average molecular weight is 473 g/mol. The second-order valence-electron chi connectivity index (χ2n) is 13.0. The number of aliphatic hydroxyl groups is 1. The molecule has 0 radical (unpaired) electrons. The second kappa shape index (κ2) is 7.27. The van der Waals surface area contributed by atoms with Crippen molar-refractivity contribution < 1.29 is 28.9 Å². The lowest BCUT2D eigenvalue weighted by Gasteiger charge is -2.52. The van der Waals surface area contributed by atoms with Gasteiger partial charge >= 0.3 is 5.97 Å². The molecule has 188 valence electrons. The van der Waals surface area contributed by atoms with Gasteiger partial charge in [-0.2, -0.15) is 0 Å². The highest BCUT2D eigenvalue weighted by Gasteiger charge is 2.77. The van der Waals surface area contributed by atoms with E-state index in [4.69, 9.17) is 14.2 Å². The van der Waals surface area contributed by atoms with E-state index in [1.54, 1.807) is 0 Å². The molecule has 1 N–H and O–H groups in total. The smallest absolute Gasteiger partial charge is 0.306 e. The van der Waals surface area contributed by atoms with Crippen LogP contribution in [0.5, 0.6) is 0 Å². The number of allylic oxidation sites excluding steroid dienone is 1. The summed E-state index contributed by atoms with van der Waals surface area (Å²) in [4.78, 5) is 27.4. The molecule has 0 amide bonds. The summed E-state index contributed by atoms with van der Waals surface area (Å²) in [5, 5.41) is 12.9. The summed E-state index contributed by atoms with van der Waals surface area (Å²) in [6.07, 6.45) is 3.29. The molecule has 2 bridgehead atoms. The fourth-order valence-electron chi connectivity index (χ4n) is 7.81. The van der Waals surface area contributed by atoms with Gasteiger partial charge in [-0.1, -0.05) is 46.8 Å². The lowest BCUT2D eigenvalue weighted by Crippen LogP contribution is -2.68. The van der Waals surface area contributed by atoms with Crippen LogP contribution >= 0.6 is 0 Å². The molecule has 1 saturated heterocycles. The molecule has 1 heterocycles. The van der Waals surface area contributed by atoms with Crippen LogP contribution in [0.3, 0.4) is 0 Å². The number of carbonyl (C=O) groups excluding carboxylic acids is 2. The van der Waals surface area contributed by atoms with Crippen LogP contribution < -0.4 is 0 Å². The summed E-state index contributed by atoms with van der Waals surface area (Å²) < 4.78 is 18.4. The summed E-state index contributed by atoms with van der Waals surface area (Å²) in [5.74, 6) is -0.963. The van der Waals surface area contributed by atoms with Crippen LogP contribution in [0.15, 0.2) is 23.3 Å². The standard InChI is InChI=1S/C28H40O6/c1-14(2)9-20(29)33-23-15(3)12-27-16(4)10-19-21(25(19,5)6)18(22(27)30)11-17-13-32-26(7,8)34-24(17)28(23,27)31/h11-12,14,16,18-19,21,23-24,31H,9-10,13H2,1-8H3/t16-,18+,19-,21+,23+,24-,27+,28-/m1/s1. The number of hydrogen-bond donors (Lipinski definition) is 1. The molecule has 1 aliphatic heterocycles. The molecule has 5 aliphatic rings. The summed E-state index contributed by atoms with van der Waals surface area (Å²) in [6, 6.07) is 0. The van der Waals surface area contributed by atoms with Crippen molar-refractivity contribution in [3.8, 4) is 0 Å². The predicted octanol–water partition coefficient (Wildman–Crippen LogP) is 4.21. The van der Waals surface area contributed by atoms with Gasteiger partial charge in [0, 0.05) is 12.3 Å². The largest absolute Gasteiger partial charge is 0.455 e. The van der Waals surface area contributed by atoms with Crippen LogP contribution in [0.25, 0.3) is 0 Å². The number of fused-ring (bicyclic) bond motifs is 5. The van der Waals surface area contributed by atoms with E-state index in [-0.39, 0.29) is 53.9 Å². The molecule has 6 nitrogen and oxygen atoms in total. The van der Waals surface area contributed by atoms with Crippen molar-refractivity contribution in [1.29, 1.82) is 0 Å². The average Bonchev–Trinajstić information content (AvgIpc) is 3.20. The maximum Gasteiger partial charge on any atom is 0.306 e. The van der Waals surface area contributed by atoms with E-state index >= 15 is 0 Å². The lowest BCUT2D eigenvalue weighted by molar-refractivity contribution is -0.304. The number of esters is 1. The second-order valence-corrected chi connectivity index (χ2v) is 13.0. The molecule has 4 aliphatic carbocycles. The Bertz CT molecular complexity index is 989. The third-order valence-electron chi connectivity index (χ3n) is 9.50. The zero-order chi connectivity index (χ0) is 25.0. The minimum Gasteiger partial charge on any atom is -0.455 e. The number of hydrogen-bond acceptors (Lipinski definition) is 6. The molecule has 8 atom stereocenters. The van der Waals surface area contributed by atoms with Gasteiger partial charge in [-0.05, 0) is 67.4 Å². The van der Waals surface area contributed by atoms with E-state index in [2.05, 4.69) is 20.8 Å². The van der Waals surface area contributed by atoms with Crippen molar-refractivity contribution in [2.75, 3.05) is 6.61 Å². The van der Waals surface area contributed by atoms with Gasteiger partial charge in [0.2, 0.25) is 0 Å². The van der Waals surface area contributed by atoms with Gasteiger partial charge in [-0.25, -0.2) is 0 Å². The Balaban J connectivity index is 1.69. The van der Waals surface area contributed by atoms with E-state index in [0.29, 0.717) is 5.92 Å². The van der Waals surface area contributed by atoms with Crippen LogP contribution in [0.2, 0.25) is 0 Å². The first-order chi connectivity index (χ1) is 15.7. The zero-order valence-electron chi connectivity index (χ0n) is 21.8. The first-order valence-electron chi connectivity index (χ1n) is 12.8. The normalized spacial score (nSPS) is 45.8. The van der Waals surface area contributed by atoms with E-state index in [9.17, 15) is 14.7 Å². The molecular formula is C28H40O6. The van der Waals surface area contributed by atoms with E-state index < -0.39 is 29.0 Å². The molecule has 5 rings (SSSR count). The SMILES string of the molecule is CC1=C[C@]23C(=O)[C@@H](C=C4COC(C)(C)O[C@H]4[C@]2(O)[C@H]1OC(=O)CC(C)C)[C@H]1[C@@H](C[C@H]3C)C1(C)C. The van der Waals surface area contributed by atoms with Crippen molar-refractivity contribution >= 4 is 11.8 Å². The molecule has 0 aromatic rings. The number of Topliss-reactive ketones (excluding diaryl/α,β-unsaturated/α-hetero) is 1. The highest BCUT2D eigenvalue weighted by molar-refractivity contribution is 5.95. The Labute approximate surface area is 203 Å². The summed E-state index contributed by atoms with van der Waals surface area (Å²) in [5.41, 5.74) is -1.35. The van der Waals surface area contributed by atoms with Crippen LogP contribution in [0.4, 0.5) is 0 Å². The van der Waals surface area contributed by atoms with Crippen LogP contribution in [-0.4, -0.2) is 47.1 Å². The Kier molecular flexibility index (Phi) is 5.17. The monoisotopic (exact) mass is 472 g/mol. The lowest BCUT2D eigenvalue weighted by atomic mass is 9.59. The number of carbonyl (C=O) groups is 2. The minimum absolute atomic E-state index is 0.0330. The maximum atomic E-state index is 14.6. The minimum atomic E-state index is -1.73. The summed E-state index contributed by atoms with van der Waals surface area (Å²) in [7, 11) is 0. The van der Waals surface area contributed by atoms with Gasteiger partial charge < -0.3 is 19.3 Å². The molecular weight excluding hydrogens is 432 g/mol. The van der Waals surface area contributed by atoms with Crippen molar-refractivity contribution in [3.63, 3.8) is 0 Å². The van der Waals surface area contributed by atoms with Crippen LogP contribution in [0, 0.1) is 40.4 Å². The fraction of sp³-hybridized carbons (Fsp3) is 0.786. The molecule has 6 heteroatoms. The maximum absolute atomic E-state index is 14.6. The number of ether oxygens (including phenoxy) is 3. The Morgan fingerprint density at radius 3 is 2.59 bits per heavy atom. The number of ketones is 1. The Morgan fingerprint density at radius 1 is 1.26 bits per heavy atom. The van der Waals surface area contributed by atoms with Crippen LogP contribution in [0.1, 0.15) is 68.2 Å². The Morgan fingerprint density at radius 2 is 1.94 bits per heavy atom. The first kappa shape index (κ1) is 24.2. The molecule has 2 saturated carbocycles. The fourth-order valence-corrected chi connectivity index (χ4v) is 7.81. The van der Waals surface area contributed by atoms with E-state index in [0.717, 1.165) is 17.6 Å². The zero-order valence-corrected chi connectivity index (χ0v) is 21.8. The molecule has 0 aromatic heterocycles. The van der Waals surface area contributed by atoms with Crippen molar-refractivity contribution in [2.45, 2.75) is 91.8 Å². The van der Waals surface area contributed by atoms with E-state index in [1.165, 1.54) is 0 Å². The summed E-state index contributed by atoms with van der Waals surface area (Å²) >= 11 is 0. The highest BCUT2D eigenvalue weighted by Crippen LogP contribution is 2.72. The Hall–Kier alpha value is -1.50. The van der Waals surface area contributed by atoms with Crippen molar-refractivity contribution in [3.05, 3.63) is 23.3 Å². The van der Waals surface area contributed by atoms with Gasteiger partial charge in [-0.15, -0.1) is 0 Å². The van der Waals surface area contributed by atoms with E-state index in [1.807, 2.05) is 46.8 Å². The van der Waals surface area contributed by atoms with Crippen LogP contribution in [-0.2, 0) is 23.8 Å². The molecule has 0 unspecified atom stereocenters. The van der Waals surface area contributed by atoms with Gasteiger partial charge in [0.15, 0.2) is 23.3 Å². The van der Waals surface area contributed by atoms with Crippen molar-refractivity contribution in [1.82, 2.24) is 0 Å². The topological polar surface area (TPSA) is 82.1 Å². The number of rotatable bonds is 3. The summed E-state index contributed by atoms with van der Waals surface area (Å²) in [6.45, 7) is 16.3. The molecule has 0 aromatic carbocycles. The van der Waals surface area contributed by atoms with Gasteiger partial charge in [0.25, 0.3) is 0 Å². The van der Waals surface area contributed by atoms with Gasteiger partial charge in [0.1, 0.15) is 6.10 Å². The predicted molar refractivity (Wildman–Crippen MR) is 127 cm³/mol. The van der Waals surface area contributed by atoms with Gasteiger partial charge in [-0.3, -0.25) is 9.59 Å². The molecule has 3 fully saturated rings. The quantitative estimate of drug-likeness (QED) is 0.489. The third kappa shape index (κ3) is 3.04. The van der Waals surface area contributed by atoms with Gasteiger partial charge in [0.05, 0.1) is 12.0 Å². The van der Waals surface area contributed by atoms with Crippen molar-refractivity contribution in [2.24, 2.45) is 40.4 Å². The first-order valence-corrected chi connectivity index (χ1v) is 12.8.